The smallest absolute Gasteiger partial charge is 0.303 e. The number of nitrogens with zero attached hydrogens (tertiary/aromatic N) is 1. The van der Waals surface area contributed by atoms with E-state index in [9.17, 15) is 4.79 Å². The van der Waals surface area contributed by atoms with Crippen LogP contribution >= 0.6 is 0 Å². The van der Waals surface area contributed by atoms with Crippen LogP contribution in [0, 0.1) is 12.3 Å². The highest BCUT2D eigenvalue weighted by atomic mass is 16.4. The standard InChI is InChI=1S/C10H16N2O2/c1-7-8(12-6-11-7)4-10(2,3)5-9(13)14/h6H,4-5H2,1-3H3,(H,11,12)(H,13,14). The molecule has 14 heavy (non-hydrogen) atoms. The Hall–Kier alpha value is -1.32. The summed E-state index contributed by atoms with van der Waals surface area (Å²) in [5.41, 5.74) is 1.73. The molecule has 0 fully saturated rings. The van der Waals surface area contributed by atoms with E-state index in [1.807, 2.05) is 20.8 Å². The van der Waals surface area contributed by atoms with E-state index in [0.717, 1.165) is 11.4 Å². The van der Waals surface area contributed by atoms with Gasteiger partial charge in [-0.2, -0.15) is 0 Å². The average molecular weight is 196 g/mol. The number of carboxylic acid groups (broad SMARTS) is 1. The molecule has 1 rings (SSSR count). The molecule has 0 bridgehead atoms. The van der Waals surface area contributed by atoms with Crippen molar-refractivity contribution in [3.05, 3.63) is 17.7 Å². The SMILES string of the molecule is Cc1[nH]cnc1CC(C)(C)CC(=O)O. The summed E-state index contributed by atoms with van der Waals surface area (Å²) >= 11 is 0. The molecule has 4 nitrogen and oxygen atoms in total. The normalized spacial score (nSPS) is 11.6. The zero-order valence-corrected chi connectivity index (χ0v) is 8.79. The first-order chi connectivity index (χ1) is 6.41. The minimum atomic E-state index is -0.761. The predicted molar refractivity (Wildman–Crippen MR) is 53.1 cm³/mol. The Morgan fingerprint density at radius 1 is 1.64 bits per heavy atom. The van der Waals surface area contributed by atoms with Gasteiger partial charge in [-0.3, -0.25) is 4.79 Å². The van der Waals surface area contributed by atoms with Gasteiger partial charge in [0.2, 0.25) is 0 Å². The number of aromatic amines is 1. The first kappa shape index (κ1) is 10.8. The van der Waals surface area contributed by atoms with Crippen molar-refractivity contribution in [2.45, 2.75) is 33.6 Å². The molecule has 0 aromatic carbocycles. The van der Waals surface area contributed by atoms with Crippen LogP contribution in [0.1, 0.15) is 31.7 Å². The lowest BCUT2D eigenvalue weighted by Crippen LogP contribution is -2.20. The van der Waals surface area contributed by atoms with E-state index in [1.54, 1.807) is 6.33 Å². The molecule has 1 heterocycles. The van der Waals surface area contributed by atoms with E-state index in [1.165, 1.54) is 0 Å². The number of H-pyrrole nitrogens is 1. The van der Waals surface area contributed by atoms with Gasteiger partial charge in [0.1, 0.15) is 0 Å². The highest BCUT2D eigenvalue weighted by molar-refractivity contribution is 5.67. The van der Waals surface area contributed by atoms with Gasteiger partial charge in [-0.15, -0.1) is 0 Å². The Bertz CT molecular complexity index is 329. The van der Waals surface area contributed by atoms with Gasteiger partial charge in [0.25, 0.3) is 0 Å². The molecule has 0 unspecified atom stereocenters. The number of carbonyl (C=O) groups is 1. The molecule has 0 saturated carbocycles. The van der Waals surface area contributed by atoms with E-state index in [4.69, 9.17) is 5.11 Å². The van der Waals surface area contributed by atoms with Crippen LogP contribution in [0.4, 0.5) is 0 Å². The lowest BCUT2D eigenvalue weighted by molar-refractivity contribution is -0.139. The lowest BCUT2D eigenvalue weighted by atomic mass is 9.84. The lowest BCUT2D eigenvalue weighted by Gasteiger charge is -2.21. The Morgan fingerprint density at radius 3 is 2.71 bits per heavy atom. The zero-order chi connectivity index (χ0) is 10.8. The van der Waals surface area contributed by atoms with Gasteiger partial charge < -0.3 is 10.1 Å². The molecule has 0 saturated heterocycles. The summed E-state index contributed by atoms with van der Waals surface area (Å²) in [4.78, 5) is 17.7. The van der Waals surface area contributed by atoms with Crippen molar-refractivity contribution in [3.8, 4) is 0 Å². The third-order valence-corrected chi connectivity index (χ3v) is 2.21. The van der Waals surface area contributed by atoms with Crippen LogP contribution in [-0.2, 0) is 11.2 Å². The van der Waals surface area contributed by atoms with Crippen LogP contribution in [0.15, 0.2) is 6.33 Å². The van der Waals surface area contributed by atoms with E-state index in [2.05, 4.69) is 9.97 Å². The van der Waals surface area contributed by atoms with Gasteiger partial charge in [0.15, 0.2) is 0 Å². The maximum absolute atomic E-state index is 10.6. The fourth-order valence-corrected chi connectivity index (χ4v) is 1.49. The number of aliphatic carboxylic acids is 1. The average Bonchev–Trinajstić information content (AvgIpc) is 2.32. The van der Waals surface area contributed by atoms with E-state index in [0.29, 0.717) is 6.42 Å². The Balaban J connectivity index is 2.68. The van der Waals surface area contributed by atoms with Crippen molar-refractivity contribution in [3.63, 3.8) is 0 Å². The van der Waals surface area contributed by atoms with E-state index in [-0.39, 0.29) is 11.8 Å². The molecule has 0 spiro atoms. The topological polar surface area (TPSA) is 66.0 Å². The quantitative estimate of drug-likeness (QED) is 0.771. The molecule has 2 N–H and O–H groups in total. The largest absolute Gasteiger partial charge is 0.481 e. The molecule has 0 atom stereocenters. The highest BCUT2D eigenvalue weighted by Gasteiger charge is 2.23. The number of hydrogen-bond acceptors (Lipinski definition) is 2. The third kappa shape index (κ3) is 2.87. The maximum atomic E-state index is 10.6. The fourth-order valence-electron chi connectivity index (χ4n) is 1.49. The van der Waals surface area contributed by atoms with Crippen molar-refractivity contribution in [2.75, 3.05) is 0 Å². The van der Waals surface area contributed by atoms with Crippen LogP contribution in [0.3, 0.4) is 0 Å². The highest BCUT2D eigenvalue weighted by Crippen LogP contribution is 2.25. The van der Waals surface area contributed by atoms with Crippen molar-refractivity contribution in [1.82, 2.24) is 9.97 Å². The number of rotatable bonds is 4. The van der Waals surface area contributed by atoms with Crippen LogP contribution in [0.5, 0.6) is 0 Å². The summed E-state index contributed by atoms with van der Waals surface area (Å²) in [6.07, 6.45) is 2.50. The number of aromatic nitrogens is 2. The summed E-state index contributed by atoms with van der Waals surface area (Å²) < 4.78 is 0. The second-order valence-electron chi connectivity index (χ2n) is 4.39. The summed E-state index contributed by atoms with van der Waals surface area (Å²) in [6.45, 7) is 5.82. The summed E-state index contributed by atoms with van der Waals surface area (Å²) in [7, 11) is 0. The first-order valence-corrected chi connectivity index (χ1v) is 4.61. The molecule has 0 aliphatic carbocycles. The number of imidazole rings is 1. The van der Waals surface area contributed by atoms with Crippen molar-refractivity contribution in [2.24, 2.45) is 5.41 Å². The van der Waals surface area contributed by atoms with Gasteiger partial charge in [0.05, 0.1) is 18.4 Å². The Labute approximate surface area is 83.4 Å². The van der Waals surface area contributed by atoms with Crippen molar-refractivity contribution in [1.29, 1.82) is 0 Å². The second kappa shape index (κ2) is 3.82. The number of aryl methyl sites for hydroxylation is 1. The van der Waals surface area contributed by atoms with Crippen molar-refractivity contribution >= 4 is 5.97 Å². The molecular weight excluding hydrogens is 180 g/mol. The predicted octanol–water partition coefficient (Wildman–Crippen LogP) is 1.76. The molecule has 4 heteroatoms. The molecule has 0 aliphatic heterocycles. The molecule has 1 aromatic heterocycles. The second-order valence-corrected chi connectivity index (χ2v) is 4.39. The van der Waals surface area contributed by atoms with Crippen molar-refractivity contribution < 1.29 is 9.90 Å². The summed E-state index contributed by atoms with van der Waals surface area (Å²) in [5.74, 6) is -0.761. The van der Waals surface area contributed by atoms with Gasteiger partial charge >= 0.3 is 5.97 Å². The molecule has 0 radical (unpaired) electrons. The van der Waals surface area contributed by atoms with Gasteiger partial charge in [0, 0.05) is 5.69 Å². The Morgan fingerprint density at radius 2 is 2.29 bits per heavy atom. The number of nitrogens with one attached hydrogen (secondary N) is 1. The van der Waals surface area contributed by atoms with Crippen LogP contribution in [0.2, 0.25) is 0 Å². The molecule has 78 valence electrons. The summed E-state index contributed by atoms with van der Waals surface area (Å²) in [5, 5.41) is 8.72. The number of hydrogen-bond donors (Lipinski definition) is 2. The van der Waals surface area contributed by atoms with E-state index >= 15 is 0 Å². The van der Waals surface area contributed by atoms with Gasteiger partial charge in [-0.1, -0.05) is 13.8 Å². The monoisotopic (exact) mass is 196 g/mol. The first-order valence-electron chi connectivity index (χ1n) is 4.61. The fraction of sp³-hybridized carbons (Fsp3) is 0.600. The molecule has 0 amide bonds. The number of carboxylic acids is 1. The molecule has 0 aliphatic rings. The summed E-state index contributed by atoms with van der Waals surface area (Å²) in [6, 6.07) is 0. The van der Waals surface area contributed by atoms with Crippen LogP contribution in [-0.4, -0.2) is 21.0 Å². The van der Waals surface area contributed by atoms with Crippen LogP contribution < -0.4 is 0 Å². The van der Waals surface area contributed by atoms with E-state index < -0.39 is 5.97 Å². The molecular formula is C10H16N2O2. The molecule has 1 aromatic rings. The maximum Gasteiger partial charge on any atom is 0.303 e. The third-order valence-electron chi connectivity index (χ3n) is 2.21. The zero-order valence-electron chi connectivity index (χ0n) is 8.79. The Kier molecular flexibility index (Phi) is 2.93. The van der Waals surface area contributed by atoms with Gasteiger partial charge in [-0.05, 0) is 18.8 Å². The van der Waals surface area contributed by atoms with Crippen LogP contribution in [0.25, 0.3) is 0 Å². The minimum absolute atomic E-state index is 0.166. The minimum Gasteiger partial charge on any atom is -0.481 e. The van der Waals surface area contributed by atoms with Gasteiger partial charge in [-0.25, -0.2) is 4.98 Å².